The average Bonchev–Trinajstić information content (AvgIpc) is 2.89. The summed E-state index contributed by atoms with van der Waals surface area (Å²) in [5, 5.41) is 0. The summed E-state index contributed by atoms with van der Waals surface area (Å²) in [7, 11) is 0. The SMILES string of the molecule is CCOC(=O)CN(SNCC(=O)Oc1cccc2c1OC(C)(C)C2)C(C)C. The Bertz CT molecular complexity index is 678. The van der Waals surface area contributed by atoms with Gasteiger partial charge in [-0.1, -0.05) is 12.1 Å². The van der Waals surface area contributed by atoms with Gasteiger partial charge in [0.25, 0.3) is 0 Å². The molecule has 0 bridgehead atoms. The third-order valence-corrected chi connectivity index (χ3v) is 4.90. The van der Waals surface area contributed by atoms with E-state index < -0.39 is 5.97 Å². The van der Waals surface area contributed by atoms with Gasteiger partial charge in [0.1, 0.15) is 18.7 Å². The summed E-state index contributed by atoms with van der Waals surface area (Å²) in [5.74, 6) is 0.337. The zero-order chi connectivity index (χ0) is 20.0. The first-order valence-corrected chi connectivity index (χ1v) is 9.83. The number of hydrogen-bond donors (Lipinski definition) is 1. The Hall–Kier alpha value is -1.77. The van der Waals surface area contributed by atoms with Crippen LogP contribution < -0.4 is 14.2 Å². The van der Waals surface area contributed by atoms with Gasteiger partial charge < -0.3 is 14.2 Å². The molecule has 150 valence electrons. The number of ether oxygens (including phenoxy) is 3. The second kappa shape index (κ2) is 9.43. The number of carbonyl (C=O) groups is 2. The summed E-state index contributed by atoms with van der Waals surface area (Å²) < 4.78 is 21.1. The Kier molecular flexibility index (Phi) is 7.52. The molecular weight excluding hydrogens is 368 g/mol. The Morgan fingerprint density at radius 1 is 1.33 bits per heavy atom. The highest BCUT2D eigenvalue weighted by Gasteiger charge is 2.32. The number of benzene rings is 1. The molecule has 8 heteroatoms. The van der Waals surface area contributed by atoms with Crippen LogP contribution in [0.15, 0.2) is 18.2 Å². The minimum Gasteiger partial charge on any atom is -0.483 e. The van der Waals surface area contributed by atoms with E-state index in [0.29, 0.717) is 18.1 Å². The van der Waals surface area contributed by atoms with Gasteiger partial charge in [0, 0.05) is 30.2 Å². The van der Waals surface area contributed by atoms with Gasteiger partial charge in [-0.3, -0.25) is 9.59 Å². The van der Waals surface area contributed by atoms with Crippen LogP contribution in [-0.2, 0) is 20.7 Å². The fourth-order valence-electron chi connectivity index (χ4n) is 2.65. The number of nitrogens with zero attached hydrogens (tertiary/aromatic N) is 1. The van der Waals surface area contributed by atoms with Crippen LogP contribution in [0.3, 0.4) is 0 Å². The molecule has 0 unspecified atom stereocenters. The van der Waals surface area contributed by atoms with E-state index in [4.69, 9.17) is 14.2 Å². The molecule has 0 spiro atoms. The van der Waals surface area contributed by atoms with E-state index in [9.17, 15) is 9.59 Å². The highest BCUT2D eigenvalue weighted by Crippen LogP contribution is 2.41. The van der Waals surface area contributed by atoms with Gasteiger partial charge in [-0.05, 0) is 40.7 Å². The maximum Gasteiger partial charge on any atom is 0.326 e. The highest BCUT2D eigenvalue weighted by molar-refractivity contribution is 7.95. The predicted molar refractivity (Wildman–Crippen MR) is 105 cm³/mol. The molecule has 0 fully saturated rings. The topological polar surface area (TPSA) is 77.1 Å². The van der Waals surface area contributed by atoms with Crippen LogP contribution in [0.2, 0.25) is 0 Å². The fraction of sp³-hybridized carbons (Fsp3) is 0.579. The predicted octanol–water partition coefficient (Wildman–Crippen LogP) is 2.73. The average molecular weight is 397 g/mol. The normalized spacial score (nSPS) is 14.8. The van der Waals surface area contributed by atoms with Crippen LogP contribution in [-0.4, -0.2) is 47.6 Å². The largest absolute Gasteiger partial charge is 0.483 e. The zero-order valence-corrected chi connectivity index (χ0v) is 17.4. The molecule has 0 saturated heterocycles. The lowest BCUT2D eigenvalue weighted by molar-refractivity contribution is -0.143. The lowest BCUT2D eigenvalue weighted by Gasteiger charge is -2.23. The molecule has 0 aliphatic carbocycles. The second-order valence-electron chi connectivity index (χ2n) is 7.14. The maximum absolute atomic E-state index is 12.2. The number of fused-ring (bicyclic) bond motifs is 1. The third-order valence-electron chi connectivity index (χ3n) is 3.84. The van der Waals surface area contributed by atoms with E-state index in [1.165, 1.54) is 12.1 Å². The molecule has 1 aliphatic rings. The number of nitrogens with one attached hydrogen (secondary N) is 1. The van der Waals surface area contributed by atoms with Crippen LogP contribution in [0.25, 0.3) is 0 Å². The third kappa shape index (κ3) is 6.41. The van der Waals surface area contributed by atoms with Crippen molar-refractivity contribution in [2.75, 3.05) is 19.7 Å². The summed E-state index contributed by atoms with van der Waals surface area (Å²) in [4.78, 5) is 23.8. The van der Waals surface area contributed by atoms with Crippen molar-refractivity contribution < 1.29 is 23.8 Å². The molecule has 27 heavy (non-hydrogen) atoms. The van der Waals surface area contributed by atoms with Crippen LogP contribution in [0.5, 0.6) is 11.5 Å². The van der Waals surface area contributed by atoms with E-state index in [0.717, 1.165) is 12.0 Å². The highest BCUT2D eigenvalue weighted by atomic mass is 32.2. The van der Waals surface area contributed by atoms with Crippen molar-refractivity contribution in [3.8, 4) is 11.5 Å². The van der Waals surface area contributed by atoms with Crippen LogP contribution >= 0.6 is 12.1 Å². The molecule has 0 aromatic heterocycles. The van der Waals surface area contributed by atoms with Gasteiger partial charge in [-0.2, -0.15) is 0 Å². The van der Waals surface area contributed by atoms with Crippen LogP contribution in [0.1, 0.15) is 40.2 Å². The van der Waals surface area contributed by atoms with Crippen molar-refractivity contribution >= 4 is 24.1 Å². The first-order chi connectivity index (χ1) is 12.7. The minimum atomic E-state index is -0.427. The van der Waals surface area contributed by atoms with E-state index in [1.807, 2.05) is 39.8 Å². The Labute approximate surface area is 165 Å². The van der Waals surface area contributed by atoms with Gasteiger partial charge in [-0.25, -0.2) is 9.03 Å². The zero-order valence-electron chi connectivity index (χ0n) is 16.5. The van der Waals surface area contributed by atoms with E-state index >= 15 is 0 Å². The monoisotopic (exact) mass is 396 g/mol. The second-order valence-corrected chi connectivity index (χ2v) is 8.08. The lowest BCUT2D eigenvalue weighted by Crippen LogP contribution is -2.35. The standard InChI is InChI=1S/C19H28N2O5S/c1-6-24-17(23)12-21(13(2)3)27-20-11-16(22)25-15-9-7-8-14-10-19(4,5)26-18(14)15/h7-9,13,20H,6,10-12H2,1-5H3. The number of esters is 2. The maximum atomic E-state index is 12.2. The van der Waals surface area contributed by atoms with Gasteiger partial charge in [-0.15, -0.1) is 0 Å². The molecular formula is C19H28N2O5S. The molecule has 0 amide bonds. The number of rotatable bonds is 9. The first kappa shape index (κ1) is 21.5. The first-order valence-electron chi connectivity index (χ1n) is 9.05. The quantitative estimate of drug-likeness (QED) is 0.388. The Morgan fingerprint density at radius 3 is 2.74 bits per heavy atom. The van der Waals surface area contributed by atoms with Gasteiger partial charge in [0.2, 0.25) is 0 Å². The smallest absolute Gasteiger partial charge is 0.326 e. The summed E-state index contributed by atoms with van der Waals surface area (Å²) >= 11 is 1.20. The van der Waals surface area contributed by atoms with Gasteiger partial charge >= 0.3 is 11.9 Å². The lowest BCUT2D eigenvalue weighted by atomic mass is 10.0. The number of carbonyl (C=O) groups excluding carboxylic acids is 2. The summed E-state index contributed by atoms with van der Waals surface area (Å²) in [6.45, 7) is 10.1. The van der Waals surface area contributed by atoms with Crippen molar-refractivity contribution in [2.24, 2.45) is 0 Å². The molecule has 1 heterocycles. The molecule has 0 atom stereocenters. The number of para-hydroxylation sites is 1. The molecule has 7 nitrogen and oxygen atoms in total. The fourth-order valence-corrected chi connectivity index (χ4v) is 3.38. The molecule has 0 saturated carbocycles. The summed E-state index contributed by atoms with van der Waals surface area (Å²) in [6.07, 6.45) is 0.777. The minimum absolute atomic E-state index is 0.0101. The Morgan fingerprint density at radius 2 is 2.07 bits per heavy atom. The number of hydrogen-bond acceptors (Lipinski definition) is 8. The van der Waals surface area contributed by atoms with Crippen LogP contribution in [0, 0.1) is 0 Å². The van der Waals surface area contributed by atoms with E-state index in [1.54, 1.807) is 17.3 Å². The molecule has 1 N–H and O–H groups in total. The summed E-state index contributed by atoms with van der Waals surface area (Å²) in [6, 6.07) is 5.66. The van der Waals surface area contributed by atoms with Crippen molar-refractivity contribution in [1.82, 2.24) is 9.03 Å². The summed E-state index contributed by atoms with van der Waals surface area (Å²) in [5.41, 5.74) is 0.733. The molecule has 1 aromatic carbocycles. The van der Waals surface area contributed by atoms with Crippen LogP contribution in [0.4, 0.5) is 0 Å². The van der Waals surface area contributed by atoms with Gasteiger partial charge in [0.15, 0.2) is 11.5 Å². The van der Waals surface area contributed by atoms with Crippen molar-refractivity contribution in [2.45, 2.75) is 52.7 Å². The molecule has 0 radical (unpaired) electrons. The van der Waals surface area contributed by atoms with E-state index in [-0.39, 0.29) is 30.7 Å². The molecule has 1 aromatic rings. The molecule has 1 aliphatic heterocycles. The van der Waals surface area contributed by atoms with E-state index in [2.05, 4.69) is 4.72 Å². The van der Waals surface area contributed by atoms with Crippen molar-refractivity contribution in [1.29, 1.82) is 0 Å². The van der Waals surface area contributed by atoms with Gasteiger partial charge in [0.05, 0.1) is 6.61 Å². The van der Waals surface area contributed by atoms with Crippen molar-refractivity contribution in [3.05, 3.63) is 23.8 Å². The Balaban J connectivity index is 1.85. The van der Waals surface area contributed by atoms with Crippen molar-refractivity contribution in [3.63, 3.8) is 0 Å². The molecule has 2 rings (SSSR count).